The zero-order valence-electron chi connectivity index (χ0n) is 13.5. The van der Waals surface area contributed by atoms with Crippen molar-refractivity contribution < 1.29 is 9.90 Å². The number of aliphatic hydroxyl groups is 1. The Morgan fingerprint density at radius 1 is 1.24 bits per heavy atom. The standard InChI is InChI=1S/C16H31N3O2/c1-3-12(4-2)15(20)11-17-16(21)18-13-8-10-19-9-6-5-7-14(13)19/h12-15,20H,3-11H2,1-2H3,(H2,17,18,21). The molecule has 0 aromatic heterocycles. The van der Waals surface area contributed by atoms with E-state index in [0.29, 0.717) is 12.6 Å². The van der Waals surface area contributed by atoms with Gasteiger partial charge in [0.1, 0.15) is 0 Å². The molecule has 2 fully saturated rings. The normalized spacial score (nSPS) is 27.4. The first kappa shape index (κ1) is 16.6. The van der Waals surface area contributed by atoms with E-state index < -0.39 is 6.10 Å². The smallest absolute Gasteiger partial charge is 0.315 e. The van der Waals surface area contributed by atoms with Gasteiger partial charge in [-0.1, -0.05) is 33.1 Å². The van der Waals surface area contributed by atoms with E-state index in [1.807, 2.05) is 0 Å². The molecule has 2 rings (SSSR count). The largest absolute Gasteiger partial charge is 0.391 e. The van der Waals surface area contributed by atoms with E-state index in [2.05, 4.69) is 29.4 Å². The molecule has 5 nitrogen and oxygen atoms in total. The molecule has 0 aromatic rings. The van der Waals surface area contributed by atoms with Crippen molar-refractivity contribution in [1.82, 2.24) is 15.5 Å². The number of nitrogens with one attached hydrogen (secondary N) is 2. The van der Waals surface area contributed by atoms with Crippen molar-refractivity contribution in [2.24, 2.45) is 5.92 Å². The van der Waals surface area contributed by atoms with Crippen LogP contribution in [0.1, 0.15) is 52.4 Å². The van der Waals surface area contributed by atoms with Gasteiger partial charge in [-0.15, -0.1) is 0 Å². The van der Waals surface area contributed by atoms with Gasteiger partial charge in [-0.2, -0.15) is 0 Å². The number of nitrogens with zero attached hydrogens (tertiary/aromatic N) is 1. The van der Waals surface area contributed by atoms with Crippen molar-refractivity contribution >= 4 is 6.03 Å². The number of urea groups is 1. The molecular weight excluding hydrogens is 266 g/mol. The topological polar surface area (TPSA) is 64.6 Å². The highest BCUT2D eigenvalue weighted by molar-refractivity contribution is 5.74. The molecule has 0 saturated carbocycles. The quantitative estimate of drug-likeness (QED) is 0.699. The molecule has 2 heterocycles. The fourth-order valence-electron chi connectivity index (χ4n) is 3.83. The Labute approximate surface area is 128 Å². The average Bonchev–Trinajstić information content (AvgIpc) is 2.90. The Hall–Kier alpha value is -0.810. The van der Waals surface area contributed by atoms with Gasteiger partial charge in [0, 0.05) is 25.2 Å². The van der Waals surface area contributed by atoms with Gasteiger partial charge in [0.15, 0.2) is 0 Å². The highest BCUT2D eigenvalue weighted by Crippen LogP contribution is 2.27. The second kappa shape index (κ2) is 7.99. The van der Waals surface area contributed by atoms with Crippen LogP contribution in [0.5, 0.6) is 0 Å². The van der Waals surface area contributed by atoms with Crippen LogP contribution in [0.25, 0.3) is 0 Å². The minimum absolute atomic E-state index is 0.127. The van der Waals surface area contributed by atoms with Gasteiger partial charge < -0.3 is 15.7 Å². The van der Waals surface area contributed by atoms with Crippen LogP contribution in [0.15, 0.2) is 0 Å². The van der Waals surface area contributed by atoms with E-state index in [9.17, 15) is 9.90 Å². The number of carbonyl (C=O) groups is 1. The summed E-state index contributed by atoms with van der Waals surface area (Å²) in [6.07, 6.45) is 6.25. The number of piperidine rings is 1. The lowest BCUT2D eigenvalue weighted by Crippen LogP contribution is -2.51. The lowest BCUT2D eigenvalue weighted by atomic mass is 9.96. The van der Waals surface area contributed by atoms with E-state index in [1.54, 1.807) is 0 Å². The number of rotatable bonds is 6. The zero-order chi connectivity index (χ0) is 15.2. The summed E-state index contributed by atoms with van der Waals surface area (Å²) in [5.41, 5.74) is 0. The number of aliphatic hydroxyl groups excluding tert-OH is 1. The molecule has 2 amide bonds. The predicted molar refractivity (Wildman–Crippen MR) is 84.2 cm³/mol. The Morgan fingerprint density at radius 3 is 2.71 bits per heavy atom. The van der Waals surface area contributed by atoms with Gasteiger partial charge in [0.25, 0.3) is 0 Å². The van der Waals surface area contributed by atoms with Gasteiger partial charge in [-0.3, -0.25) is 4.90 Å². The van der Waals surface area contributed by atoms with Crippen LogP contribution in [0, 0.1) is 5.92 Å². The molecule has 3 N–H and O–H groups in total. The fraction of sp³-hybridized carbons (Fsp3) is 0.938. The summed E-state index contributed by atoms with van der Waals surface area (Å²) in [6, 6.07) is 0.668. The van der Waals surface area contributed by atoms with Crippen LogP contribution in [-0.4, -0.2) is 53.9 Å². The van der Waals surface area contributed by atoms with Crippen molar-refractivity contribution in [2.75, 3.05) is 19.6 Å². The third-order valence-corrected chi connectivity index (χ3v) is 5.24. The molecular formula is C16H31N3O2. The number of carbonyl (C=O) groups excluding carboxylic acids is 1. The number of hydrogen-bond acceptors (Lipinski definition) is 3. The van der Waals surface area contributed by atoms with Crippen LogP contribution in [0.2, 0.25) is 0 Å². The van der Waals surface area contributed by atoms with Crippen molar-refractivity contribution in [3.05, 3.63) is 0 Å². The molecule has 0 aliphatic carbocycles. The van der Waals surface area contributed by atoms with E-state index in [4.69, 9.17) is 0 Å². The van der Waals surface area contributed by atoms with Crippen molar-refractivity contribution in [3.63, 3.8) is 0 Å². The van der Waals surface area contributed by atoms with Crippen LogP contribution in [-0.2, 0) is 0 Å². The molecule has 0 bridgehead atoms. The van der Waals surface area contributed by atoms with Crippen LogP contribution in [0.3, 0.4) is 0 Å². The summed E-state index contributed by atoms with van der Waals surface area (Å²) in [7, 11) is 0. The van der Waals surface area contributed by atoms with Crippen molar-refractivity contribution in [3.8, 4) is 0 Å². The summed E-state index contributed by atoms with van der Waals surface area (Å²) < 4.78 is 0. The average molecular weight is 297 g/mol. The minimum Gasteiger partial charge on any atom is -0.391 e. The summed E-state index contributed by atoms with van der Waals surface area (Å²) in [4.78, 5) is 14.5. The molecule has 5 heteroatoms. The first-order valence-electron chi connectivity index (χ1n) is 8.62. The maximum absolute atomic E-state index is 12.0. The summed E-state index contributed by atoms with van der Waals surface area (Å²) in [5.74, 6) is 0.269. The Balaban J connectivity index is 1.72. The highest BCUT2D eigenvalue weighted by atomic mass is 16.3. The molecule has 0 radical (unpaired) electrons. The molecule has 3 unspecified atom stereocenters. The number of hydrogen-bond donors (Lipinski definition) is 3. The fourth-order valence-corrected chi connectivity index (χ4v) is 3.83. The number of amides is 2. The van der Waals surface area contributed by atoms with E-state index in [-0.39, 0.29) is 18.0 Å². The van der Waals surface area contributed by atoms with Crippen molar-refractivity contribution in [2.45, 2.75) is 70.6 Å². The van der Waals surface area contributed by atoms with E-state index in [0.717, 1.165) is 25.8 Å². The predicted octanol–water partition coefficient (Wildman–Crippen LogP) is 1.71. The second-order valence-electron chi connectivity index (χ2n) is 6.49. The van der Waals surface area contributed by atoms with Crippen LogP contribution < -0.4 is 10.6 Å². The van der Waals surface area contributed by atoms with Gasteiger partial charge in [-0.25, -0.2) is 4.79 Å². The molecule has 2 aliphatic rings. The molecule has 122 valence electrons. The Morgan fingerprint density at radius 2 is 2.00 bits per heavy atom. The van der Waals surface area contributed by atoms with E-state index in [1.165, 1.54) is 25.8 Å². The SMILES string of the molecule is CCC(CC)C(O)CNC(=O)NC1CCN2CCCCC12. The first-order valence-corrected chi connectivity index (χ1v) is 8.62. The van der Waals surface area contributed by atoms with Crippen LogP contribution >= 0.6 is 0 Å². The van der Waals surface area contributed by atoms with Crippen molar-refractivity contribution in [1.29, 1.82) is 0 Å². The molecule has 0 aromatic carbocycles. The molecule has 21 heavy (non-hydrogen) atoms. The lowest BCUT2D eigenvalue weighted by molar-refractivity contribution is 0.103. The molecule has 0 spiro atoms. The Kier molecular flexibility index (Phi) is 6.30. The maximum atomic E-state index is 12.0. The molecule has 2 aliphatic heterocycles. The Bertz CT molecular complexity index is 333. The van der Waals surface area contributed by atoms with E-state index >= 15 is 0 Å². The van der Waals surface area contributed by atoms with Gasteiger partial charge >= 0.3 is 6.03 Å². The van der Waals surface area contributed by atoms with Gasteiger partial charge in [0.05, 0.1) is 6.10 Å². The lowest BCUT2D eigenvalue weighted by Gasteiger charge is -2.32. The highest BCUT2D eigenvalue weighted by Gasteiger charge is 2.36. The number of fused-ring (bicyclic) bond motifs is 1. The summed E-state index contributed by atoms with van der Waals surface area (Å²) in [6.45, 7) is 6.78. The third-order valence-electron chi connectivity index (χ3n) is 5.24. The monoisotopic (exact) mass is 297 g/mol. The summed E-state index contributed by atoms with van der Waals surface area (Å²) in [5, 5.41) is 16.0. The zero-order valence-corrected chi connectivity index (χ0v) is 13.5. The van der Waals surface area contributed by atoms with Crippen LogP contribution in [0.4, 0.5) is 4.79 Å². The third kappa shape index (κ3) is 4.33. The summed E-state index contributed by atoms with van der Waals surface area (Å²) >= 11 is 0. The van der Waals surface area contributed by atoms with Gasteiger partial charge in [0.2, 0.25) is 0 Å². The van der Waals surface area contributed by atoms with Gasteiger partial charge in [-0.05, 0) is 31.7 Å². The molecule has 2 saturated heterocycles. The molecule has 3 atom stereocenters. The minimum atomic E-state index is -0.444. The second-order valence-corrected chi connectivity index (χ2v) is 6.49. The first-order chi connectivity index (χ1) is 10.2. The maximum Gasteiger partial charge on any atom is 0.315 e.